The number of ether oxygens (including phenoxy) is 1. The van der Waals surface area contributed by atoms with E-state index in [0.717, 1.165) is 25.0 Å². The number of alkyl halides is 3. The van der Waals surface area contributed by atoms with E-state index in [1.807, 2.05) is 0 Å². The van der Waals surface area contributed by atoms with Crippen LogP contribution in [0.15, 0.2) is 36.5 Å². The van der Waals surface area contributed by atoms with Crippen molar-refractivity contribution in [2.75, 3.05) is 6.54 Å². The van der Waals surface area contributed by atoms with Crippen molar-refractivity contribution in [2.45, 2.75) is 50.8 Å². The number of alkyl carbamates (subject to hydrolysis) is 1. The molecule has 0 aliphatic heterocycles. The third-order valence-corrected chi connectivity index (χ3v) is 5.00. The number of amides is 1. The van der Waals surface area contributed by atoms with Crippen LogP contribution in [0.3, 0.4) is 0 Å². The van der Waals surface area contributed by atoms with Gasteiger partial charge in [-0.15, -0.1) is 0 Å². The van der Waals surface area contributed by atoms with Gasteiger partial charge in [-0.05, 0) is 57.4 Å². The van der Waals surface area contributed by atoms with Crippen LogP contribution in [-0.2, 0) is 16.3 Å². The molecule has 29 heavy (non-hydrogen) atoms. The number of nitrogens with one attached hydrogen (secondary N) is 1. The first-order valence-corrected chi connectivity index (χ1v) is 9.58. The summed E-state index contributed by atoms with van der Waals surface area (Å²) in [5, 5.41) is 3.19. The van der Waals surface area contributed by atoms with Crippen molar-refractivity contribution in [3.05, 3.63) is 52.8 Å². The summed E-state index contributed by atoms with van der Waals surface area (Å²) < 4.78 is 43.4. The monoisotopic (exact) mass is 426 g/mol. The van der Waals surface area contributed by atoms with E-state index in [1.165, 1.54) is 12.1 Å². The van der Waals surface area contributed by atoms with Gasteiger partial charge in [0.25, 0.3) is 0 Å². The molecule has 1 aliphatic carbocycles. The Morgan fingerprint density at radius 2 is 1.79 bits per heavy atom. The molecule has 8 heteroatoms. The maximum absolute atomic E-state index is 12.7. The molecular weight excluding hydrogens is 405 g/mol. The van der Waals surface area contributed by atoms with E-state index in [1.54, 1.807) is 33.0 Å². The van der Waals surface area contributed by atoms with E-state index in [9.17, 15) is 18.0 Å². The number of rotatable bonds is 4. The van der Waals surface area contributed by atoms with E-state index in [-0.39, 0.29) is 5.41 Å². The number of pyridine rings is 1. The first-order chi connectivity index (χ1) is 13.4. The van der Waals surface area contributed by atoms with Gasteiger partial charge in [0, 0.05) is 23.7 Å². The summed E-state index contributed by atoms with van der Waals surface area (Å²) in [6.07, 6.45) is -1.62. The van der Waals surface area contributed by atoms with Crippen LogP contribution in [-0.4, -0.2) is 23.2 Å². The fraction of sp³-hybridized carbons (Fsp3) is 0.429. The Morgan fingerprint density at radius 1 is 1.17 bits per heavy atom. The van der Waals surface area contributed by atoms with Gasteiger partial charge in [0.15, 0.2) is 0 Å². The topological polar surface area (TPSA) is 51.2 Å². The molecule has 1 saturated carbocycles. The molecule has 1 aromatic carbocycles. The van der Waals surface area contributed by atoms with Gasteiger partial charge in [-0.1, -0.05) is 23.7 Å². The normalized spacial score (nSPS) is 15.7. The molecular formula is C21H22ClF3N2O2. The Hall–Kier alpha value is -2.28. The van der Waals surface area contributed by atoms with E-state index in [2.05, 4.69) is 10.3 Å². The summed E-state index contributed by atoms with van der Waals surface area (Å²) in [6, 6.07) is 6.55. The Balaban J connectivity index is 1.73. The predicted molar refractivity (Wildman–Crippen MR) is 105 cm³/mol. The lowest BCUT2D eigenvalue weighted by Gasteiger charge is -2.22. The number of benzene rings is 1. The molecule has 1 aliphatic rings. The smallest absolute Gasteiger partial charge is 0.416 e. The second kappa shape index (κ2) is 7.52. The summed E-state index contributed by atoms with van der Waals surface area (Å²) in [7, 11) is 0. The maximum atomic E-state index is 12.7. The van der Waals surface area contributed by atoms with E-state index >= 15 is 0 Å². The predicted octanol–water partition coefficient (Wildman–Crippen LogP) is 5.98. The van der Waals surface area contributed by atoms with E-state index in [0.29, 0.717) is 28.4 Å². The molecule has 0 spiro atoms. The highest BCUT2D eigenvalue weighted by Gasteiger charge is 2.47. The van der Waals surface area contributed by atoms with Gasteiger partial charge in [0.1, 0.15) is 5.60 Å². The van der Waals surface area contributed by atoms with Crippen LogP contribution < -0.4 is 5.32 Å². The third-order valence-electron chi connectivity index (χ3n) is 4.71. The van der Waals surface area contributed by atoms with Crippen molar-refractivity contribution >= 4 is 17.7 Å². The minimum Gasteiger partial charge on any atom is -0.444 e. The minimum absolute atomic E-state index is 0.341. The standard InChI is InChI=1S/C21H22ClF3N2O2/c1-19(2,3)29-18(28)27-12-20(8-9-20)17-16(22)10-14(11-26-17)13-4-6-15(7-5-13)21(23,24)25/h4-7,10-11H,8-9,12H2,1-3H3,(H,27,28). The fourth-order valence-electron chi connectivity index (χ4n) is 3.04. The minimum atomic E-state index is -4.38. The number of carbonyl (C=O) groups excluding carboxylic acids is 1. The van der Waals surface area contributed by atoms with E-state index < -0.39 is 23.4 Å². The molecule has 0 atom stereocenters. The second-order valence-electron chi connectivity index (χ2n) is 8.27. The van der Waals surface area contributed by atoms with Crippen molar-refractivity contribution in [1.29, 1.82) is 0 Å². The summed E-state index contributed by atoms with van der Waals surface area (Å²) in [5.74, 6) is 0. The Morgan fingerprint density at radius 3 is 2.28 bits per heavy atom. The largest absolute Gasteiger partial charge is 0.444 e. The van der Waals surface area contributed by atoms with Crippen molar-refractivity contribution < 1.29 is 22.7 Å². The maximum Gasteiger partial charge on any atom is 0.416 e. The van der Waals surface area contributed by atoms with Crippen LogP contribution in [0.1, 0.15) is 44.9 Å². The van der Waals surface area contributed by atoms with Gasteiger partial charge in [-0.2, -0.15) is 13.2 Å². The first-order valence-electron chi connectivity index (χ1n) is 9.20. The molecule has 4 nitrogen and oxygen atoms in total. The highest BCUT2D eigenvalue weighted by Crippen LogP contribution is 2.49. The van der Waals surface area contributed by atoms with Crippen molar-refractivity contribution in [1.82, 2.24) is 10.3 Å². The molecule has 3 rings (SSSR count). The molecule has 1 heterocycles. The quantitative estimate of drug-likeness (QED) is 0.654. The molecule has 2 aromatic rings. The Labute approximate surface area is 172 Å². The number of carbonyl (C=O) groups is 1. The molecule has 156 valence electrons. The summed E-state index contributed by atoms with van der Waals surface area (Å²) >= 11 is 6.44. The average molecular weight is 427 g/mol. The summed E-state index contributed by atoms with van der Waals surface area (Å²) in [6.45, 7) is 5.72. The first kappa shape index (κ1) is 21.4. The summed E-state index contributed by atoms with van der Waals surface area (Å²) in [4.78, 5) is 16.4. The Kier molecular flexibility index (Phi) is 5.56. The molecule has 0 saturated heterocycles. The van der Waals surface area contributed by atoms with Gasteiger partial charge >= 0.3 is 12.3 Å². The van der Waals surface area contributed by atoms with Crippen LogP contribution in [0.25, 0.3) is 11.1 Å². The van der Waals surface area contributed by atoms with Gasteiger partial charge in [-0.3, -0.25) is 4.98 Å². The van der Waals surface area contributed by atoms with Crippen molar-refractivity contribution in [3.8, 4) is 11.1 Å². The van der Waals surface area contributed by atoms with Crippen molar-refractivity contribution in [3.63, 3.8) is 0 Å². The summed E-state index contributed by atoms with van der Waals surface area (Å²) in [5.41, 5.74) is 0.263. The zero-order chi connectivity index (χ0) is 21.4. The molecule has 1 fully saturated rings. The second-order valence-corrected chi connectivity index (χ2v) is 8.67. The van der Waals surface area contributed by atoms with Crippen LogP contribution in [0.5, 0.6) is 0 Å². The van der Waals surface area contributed by atoms with Crippen LogP contribution in [0, 0.1) is 0 Å². The number of halogens is 4. The van der Waals surface area contributed by atoms with Gasteiger partial charge in [0.05, 0.1) is 16.3 Å². The zero-order valence-electron chi connectivity index (χ0n) is 16.4. The fourth-order valence-corrected chi connectivity index (χ4v) is 3.41. The molecule has 0 bridgehead atoms. The van der Waals surface area contributed by atoms with E-state index in [4.69, 9.17) is 16.3 Å². The molecule has 0 unspecified atom stereocenters. The lowest BCUT2D eigenvalue weighted by molar-refractivity contribution is -0.137. The highest BCUT2D eigenvalue weighted by atomic mass is 35.5. The molecule has 1 aromatic heterocycles. The van der Waals surface area contributed by atoms with Crippen molar-refractivity contribution in [2.24, 2.45) is 0 Å². The SMILES string of the molecule is CC(C)(C)OC(=O)NCC1(c2ncc(-c3ccc(C(F)(F)F)cc3)cc2Cl)CC1. The number of nitrogens with zero attached hydrogens (tertiary/aromatic N) is 1. The van der Waals surface area contributed by atoms with Crippen LogP contribution >= 0.6 is 11.6 Å². The van der Waals surface area contributed by atoms with Crippen LogP contribution in [0.2, 0.25) is 5.02 Å². The number of hydrogen-bond acceptors (Lipinski definition) is 3. The number of aromatic nitrogens is 1. The molecule has 1 N–H and O–H groups in total. The third kappa shape index (κ3) is 5.21. The molecule has 0 radical (unpaired) electrons. The average Bonchev–Trinajstić information content (AvgIpc) is 3.39. The Bertz CT molecular complexity index is 902. The van der Waals surface area contributed by atoms with Gasteiger partial charge in [-0.25, -0.2) is 4.79 Å². The number of hydrogen-bond donors (Lipinski definition) is 1. The lowest BCUT2D eigenvalue weighted by Crippen LogP contribution is -2.37. The van der Waals surface area contributed by atoms with Gasteiger partial charge < -0.3 is 10.1 Å². The highest BCUT2D eigenvalue weighted by molar-refractivity contribution is 6.31. The lowest BCUT2D eigenvalue weighted by atomic mass is 9.99. The zero-order valence-corrected chi connectivity index (χ0v) is 17.1. The van der Waals surface area contributed by atoms with Crippen LogP contribution in [0.4, 0.5) is 18.0 Å². The molecule has 1 amide bonds. The van der Waals surface area contributed by atoms with Gasteiger partial charge in [0.2, 0.25) is 0 Å².